The van der Waals surface area contributed by atoms with Crippen LogP contribution in [-0.2, 0) is 14.4 Å². The fraction of sp³-hybridized carbons (Fsp3) is 0.824. The molecule has 1 aliphatic carbocycles. The van der Waals surface area contributed by atoms with Gasteiger partial charge in [-0.1, -0.05) is 20.8 Å². The van der Waals surface area contributed by atoms with Crippen molar-refractivity contribution in [2.45, 2.75) is 52.5 Å². The van der Waals surface area contributed by atoms with E-state index in [9.17, 15) is 14.4 Å². The normalized spacial score (nSPS) is 20.4. The van der Waals surface area contributed by atoms with Gasteiger partial charge in [-0.2, -0.15) is 0 Å². The standard InChI is InChI=1S/C17H28N2O4/c1-11(2)15(20)18-8-6-13(7-9-18)16(21)19(14-4-5-14)10-12(3)17(22)23/h11-14H,4-10H2,1-3H3,(H,22,23). The van der Waals surface area contributed by atoms with Crippen LogP contribution in [0.25, 0.3) is 0 Å². The van der Waals surface area contributed by atoms with Crippen molar-refractivity contribution in [2.24, 2.45) is 17.8 Å². The molecule has 6 nitrogen and oxygen atoms in total. The predicted molar refractivity (Wildman–Crippen MR) is 85.7 cm³/mol. The summed E-state index contributed by atoms with van der Waals surface area (Å²) in [6.07, 6.45) is 3.31. The van der Waals surface area contributed by atoms with Crippen molar-refractivity contribution >= 4 is 17.8 Å². The second-order valence-electron chi connectivity index (χ2n) is 7.22. The number of nitrogens with zero attached hydrogens (tertiary/aromatic N) is 2. The maximum Gasteiger partial charge on any atom is 0.308 e. The van der Waals surface area contributed by atoms with Crippen LogP contribution in [0.1, 0.15) is 46.5 Å². The van der Waals surface area contributed by atoms with Crippen LogP contribution < -0.4 is 0 Å². The number of carbonyl (C=O) groups excluding carboxylic acids is 2. The summed E-state index contributed by atoms with van der Waals surface area (Å²) in [4.78, 5) is 39.5. The lowest BCUT2D eigenvalue weighted by Gasteiger charge is -2.35. The first-order chi connectivity index (χ1) is 10.8. The minimum absolute atomic E-state index is 0.0124. The summed E-state index contributed by atoms with van der Waals surface area (Å²) in [6, 6.07) is 0.222. The highest BCUT2D eigenvalue weighted by atomic mass is 16.4. The minimum atomic E-state index is -0.860. The van der Waals surface area contributed by atoms with Crippen molar-refractivity contribution in [3.05, 3.63) is 0 Å². The molecule has 0 radical (unpaired) electrons. The number of amides is 2. The third-order valence-electron chi connectivity index (χ3n) is 4.81. The van der Waals surface area contributed by atoms with Crippen LogP contribution in [0, 0.1) is 17.8 Å². The molecule has 130 valence electrons. The summed E-state index contributed by atoms with van der Waals surface area (Å²) in [7, 11) is 0. The van der Waals surface area contributed by atoms with Gasteiger partial charge in [0.15, 0.2) is 0 Å². The van der Waals surface area contributed by atoms with Crippen molar-refractivity contribution in [3.8, 4) is 0 Å². The lowest BCUT2D eigenvalue weighted by Crippen LogP contribution is -2.47. The predicted octanol–water partition coefficient (Wildman–Crippen LogP) is 1.59. The van der Waals surface area contributed by atoms with Crippen molar-refractivity contribution in [3.63, 3.8) is 0 Å². The number of likely N-dealkylation sites (tertiary alicyclic amines) is 1. The highest BCUT2D eigenvalue weighted by Crippen LogP contribution is 2.31. The van der Waals surface area contributed by atoms with E-state index in [0.29, 0.717) is 32.5 Å². The maximum absolute atomic E-state index is 12.8. The number of carbonyl (C=O) groups is 3. The van der Waals surface area contributed by atoms with Gasteiger partial charge in [0.1, 0.15) is 0 Å². The fourth-order valence-electron chi connectivity index (χ4n) is 3.12. The zero-order valence-electron chi connectivity index (χ0n) is 14.3. The Morgan fingerprint density at radius 1 is 1.09 bits per heavy atom. The molecule has 0 aromatic rings. The molecule has 1 aliphatic heterocycles. The van der Waals surface area contributed by atoms with Gasteiger partial charge < -0.3 is 14.9 Å². The Hall–Kier alpha value is -1.59. The number of carboxylic acid groups (broad SMARTS) is 1. The number of hydrogen-bond donors (Lipinski definition) is 1. The molecule has 1 saturated carbocycles. The van der Waals surface area contributed by atoms with E-state index in [-0.39, 0.29) is 29.7 Å². The Kier molecular flexibility index (Phi) is 5.65. The molecule has 6 heteroatoms. The van der Waals surface area contributed by atoms with Gasteiger partial charge in [-0.25, -0.2) is 0 Å². The summed E-state index contributed by atoms with van der Waals surface area (Å²) in [5, 5.41) is 9.09. The molecule has 23 heavy (non-hydrogen) atoms. The summed E-state index contributed by atoms with van der Waals surface area (Å²) >= 11 is 0. The van der Waals surface area contributed by atoms with Gasteiger partial charge in [0.2, 0.25) is 11.8 Å². The molecule has 1 heterocycles. The lowest BCUT2D eigenvalue weighted by molar-refractivity contribution is -0.146. The Labute approximate surface area is 137 Å². The Morgan fingerprint density at radius 2 is 1.65 bits per heavy atom. The molecule has 1 unspecified atom stereocenters. The van der Waals surface area contributed by atoms with E-state index >= 15 is 0 Å². The van der Waals surface area contributed by atoms with Gasteiger partial charge in [0.05, 0.1) is 5.92 Å². The molecule has 0 aromatic carbocycles. The maximum atomic E-state index is 12.8. The van der Waals surface area contributed by atoms with E-state index in [1.54, 1.807) is 11.8 Å². The van der Waals surface area contributed by atoms with Crippen LogP contribution in [-0.4, -0.2) is 58.4 Å². The van der Waals surface area contributed by atoms with Gasteiger partial charge in [0.25, 0.3) is 0 Å². The molecule has 2 rings (SSSR count). The Morgan fingerprint density at radius 3 is 2.09 bits per heavy atom. The third-order valence-corrected chi connectivity index (χ3v) is 4.81. The lowest BCUT2D eigenvalue weighted by atomic mass is 9.94. The van der Waals surface area contributed by atoms with E-state index in [4.69, 9.17) is 5.11 Å². The number of piperidine rings is 1. The molecule has 0 bridgehead atoms. The van der Waals surface area contributed by atoms with Crippen LogP contribution >= 0.6 is 0 Å². The molecular formula is C17H28N2O4. The number of hydrogen-bond acceptors (Lipinski definition) is 3. The number of rotatable bonds is 6. The van der Waals surface area contributed by atoms with Gasteiger partial charge in [-0.3, -0.25) is 14.4 Å². The second kappa shape index (κ2) is 7.32. The van der Waals surface area contributed by atoms with E-state index in [2.05, 4.69) is 0 Å². The molecule has 2 fully saturated rings. The van der Waals surface area contributed by atoms with Crippen molar-refractivity contribution in [2.75, 3.05) is 19.6 Å². The van der Waals surface area contributed by atoms with Gasteiger partial charge >= 0.3 is 5.97 Å². The smallest absolute Gasteiger partial charge is 0.308 e. The first-order valence-electron chi connectivity index (χ1n) is 8.63. The largest absolute Gasteiger partial charge is 0.481 e. The third kappa shape index (κ3) is 4.45. The van der Waals surface area contributed by atoms with E-state index in [1.165, 1.54) is 0 Å². The van der Waals surface area contributed by atoms with E-state index in [1.807, 2.05) is 18.7 Å². The fourth-order valence-corrected chi connectivity index (χ4v) is 3.12. The first kappa shape index (κ1) is 17.8. The van der Waals surface area contributed by atoms with Crippen molar-refractivity contribution in [1.82, 2.24) is 9.80 Å². The summed E-state index contributed by atoms with van der Waals surface area (Å²) in [5.41, 5.74) is 0. The SMILES string of the molecule is CC(C)C(=O)N1CCC(C(=O)N(CC(C)C(=O)O)C2CC2)CC1. The molecule has 0 aromatic heterocycles. The average molecular weight is 324 g/mol. The highest BCUT2D eigenvalue weighted by Gasteiger charge is 2.38. The van der Waals surface area contributed by atoms with Crippen LogP contribution in [0.3, 0.4) is 0 Å². The van der Waals surface area contributed by atoms with Crippen LogP contribution in [0.15, 0.2) is 0 Å². The molecule has 1 saturated heterocycles. The van der Waals surface area contributed by atoms with Crippen molar-refractivity contribution in [1.29, 1.82) is 0 Å². The zero-order chi connectivity index (χ0) is 17.1. The van der Waals surface area contributed by atoms with Crippen LogP contribution in [0.4, 0.5) is 0 Å². The van der Waals surface area contributed by atoms with Gasteiger partial charge in [-0.05, 0) is 25.7 Å². The summed E-state index contributed by atoms with van der Waals surface area (Å²) in [6.45, 7) is 6.98. The zero-order valence-corrected chi connectivity index (χ0v) is 14.3. The van der Waals surface area contributed by atoms with Gasteiger partial charge in [-0.15, -0.1) is 0 Å². The first-order valence-corrected chi connectivity index (χ1v) is 8.63. The number of aliphatic carboxylic acids is 1. The van der Waals surface area contributed by atoms with E-state index < -0.39 is 11.9 Å². The molecule has 2 aliphatic rings. The minimum Gasteiger partial charge on any atom is -0.481 e. The average Bonchev–Trinajstić information content (AvgIpc) is 3.35. The Balaban J connectivity index is 1.91. The van der Waals surface area contributed by atoms with Gasteiger partial charge in [0, 0.05) is 37.5 Å². The second-order valence-corrected chi connectivity index (χ2v) is 7.22. The quantitative estimate of drug-likeness (QED) is 0.805. The topological polar surface area (TPSA) is 77.9 Å². The van der Waals surface area contributed by atoms with E-state index in [0.717, 1.165) is 12.8 Å². The highest BCUT2D eigenvalue weighted by molar-refractivity contribution is 5.82. The van der Waals surface area contributed by atoms with Crippen LogP contribution in [0.2, 0.25) is 0 Å². The van der Waals surface area contributed by atoms with Crippen molar-refractivity contribution < 1.29 is 19.5 Å². The molecule has 2 amide bonds. The Bertz CT molecular complexity index is 465. The molecular weight excluding hydrogens is 296 g/mol. The van der Waals surface area contributed by atoms with Crippen LogP contribution in [0.5, 0.6) is 0 Å². The molecule has 1 atom stereocenters. The summed E-state index contributed by atoms with van der Waals surface area (Å²) in [5.74, 6) is -1.26. The monoisotopic (exact) mass is 324 g/mol. The number of carboxylic acids is 1. The molecule has 1 N–H and O–H groups in total. The summed E-state index contributed by atoms with van der Waals surface area (Å²) < 4.78 is 0. The molecule has 0 spiro atoms.